The van der Waals surface area contributed by atoms with Crippen molar-refractivity contribution in [2.75, 3.05) is 19.6 Å². The van der Waals surface area contributed by atoms with Gasteiger partial charge >= 0.3 is 0 Å². The van der Waals surface area contributed by atoms with Gasteiger partial charge in [-0.15, -0.1) is 0 Å². The molecule has 3 rings (SSSR count). The summed E-state index contributed by atoms with van der Waals surface area (Å²) in [7, 11) is 0. The molecular weight excluding hydrogens is 160 g/mol. The van der Waals surface area contributed by atoms with Crippen LogP contribution in [0.4, 0.5) is 0 Å². The second-order valence-corrected chi connectivity index (χ2v) is 5.21. The van der Waals surface area contributed by atoms with Crippen molar-refractivity contribution >= 4 is 0 Å². The van der Waals surface area contributed by atoms with Crippen molar-refractivity contribution in [1.82, 2.24) is 10.2 Å². The molecule has 2 nitrogen and oxygen atoms in total. The predicted molar refractivity (Wildman–Crippen MR) is 53.7 cm³/mol. The highest BCUT2D eigenvalue weighted by Crippen LogP contribution is 2.57. The van der Waals surface area contributed by atoms with E-state index in [1.165, 1.54) is 45.3 Å². The van der Waals surface area contributed by atoms with Crippen LogP contribution in [0, 0.1) is 5.41 Å². The lowest BCUT2D eigenvalue weighted by Crippen LogP contribution is -2.49. The minimum atomic E-state index is 0.764. The maximum absolute atomic E-state index is 3.47. The normalized spacial score (nSPS) is 43.2. The van der Waals surface area contributed by atoms with Crippen LogP contribution in [0.2, 0.25) is 0 Å². The minimum absolute atomic E-state index is 0.764. The van der Waals surface area contributed by atoms with E-state index in [1.807, 2.05) is 0 Å². The Morgan fingerprint density at radius 2 is 2.08 bits per heavy atom. The SMILES string of the molecule is CC1CCN1C1CC12CCNCC2. The molecule has 0 aromatic heterocycles. The van der Waals surface area contributed by atoms with Crippen molar-refractivity contribution in [3.8, 4) is 0 Å². The molecule has 1 aliphatic carbocycles. The molecule has 3 fully saturated rings. The minimum Gasteiger partial charge on any atom is -0.317 e. The fourth-order valence-corrected chi connectivity index (χ4v) is 3.26. The summed E-state index contributed by atoms with van der Waals surface area (Å²) < 4.78 is 0. The van der Waals surface area contributed by atoms with Crippen molar-refractivity contribution < 1.29 is 0 Å². The van der Waals surface area contributed by atoms with Crippen molar-refractivity contribution in [3.63, 3.8) is 0 Å². The van der Waals surface area contributed by atoms with E-state index < -0.39 is 0 Å². The molecule has 2 heterocycles. The summed E-state index contributed by atoms with van der Waals surface area (Å²) in [6.45, 7) is 6.29. The number of nitrogens with one attached hydrogen (secondary N) is 1. The van der Waals surface area contributed by atoms with Gasteiger partial charge in [-0.25, -0.2) is 0 Å². The maximum Gasteiger partial charge on any atom is 0.0162 e. The molecule has 2 aliphatic heterocycles. The quantitative estimate of drug-likeness (QED) is 0.653. The van der Waals surface area contributed by atoms with Crippen LogP contribution in [0.15, 0.2) is 0 Å². The third-order valence-electron chi connectivity index (χ3n) is 4.52. The summed E-state index contributed by atoms with van der Waals surface area (Å²) in [6.07, 6.45) is 5.80. The summed E-state index contributed by atoms with van der Waals surface area (Å²) in [5.74, 6) is 0. The monoisotopic (exact) mass is 180 g/mol. The second kappa shape index (κ2) is 2.71. The zero-order valence-corrected chi connectivity index (χ0v) is 8.55. The maximum atomic E-state index is 3.47. The lowest BCUT2D eigenvalue weighted by molar-refractivity contribution is 0.0709. The first kappa shape index (κ1) is 8.25. The van der Waals surface area contributed by atoms with Crippen molar-refractivity contribution in [3.05, 3.63) is 0 Å². The number of likely N-dealkylation sites (tertiary alicyclic amines) is 1. The molecule has 1 spiro atoms. The molecule has 2 saturated heterocycles. The molecule has 1 saturated carbocycles. The Hall–Kier alpha value is -0.0800. The van der Waals surface area contributed by atoms with Gasteiger partial charge in [-0.1, -0.05) is 0 Å². The van der Waals surface area contributed by atoms with Crippen molar-refractivity contribution in [2.45, 2.75) is 44.7 Å². The molecule has 2 heteroatoms. The molecular formula is C11H20N2. The average Bonchev–Trinajstić information content (AvgIpc) is 2.78. The van der Waals surface area contributed by atoms with Gasteiger partial charge < -0.3 is 5.32 Å². The van der Waals surface area contributed by atoms with Crippen LogP contribution in [0.1, 0.15) is 32.6 Å². The zero-order valence-electron chi connectivity index (χ0n) is 8.55. The number of rotatable bonds is 1. The molecule has 2 atom stereocenters. The van der Waals surface area contributed by atoms with Crippen LogP contribution in [0.25, 0.3) is 0 Å². The fraction of sp³-hybridized carbons (Fsp3) is 1.00. The number of hydrogen-bond acceptors (Lipinski definition) is 2. The zero-order chi connectivity index (χ0) is 8.89. The van der Waals surface area contributed by atoms with Gasteiger partial charge in [0.25, 0.3) is 0 Å². The smallest absolute Gasteiger partial charge is 0.0162 e. The van der Waals surface area contributed by atoms with Crippen molar-refractivity contribution in [2.24, 2.45) is 5.41 Å². The summed E-state index contributed by atoms with van der Waals surface area (Å²) in [4.78, 5) is 2.74. The first-order valence-corrected chi connectivity index (χ1v) is 5.78. The Kier molecular flexibility index (Phi) is 1.72. The first-order chi connectivity index (χ1) is 6.32. The third kappa shape index (κ3) is 1.15. The molecule has 74 valence electrons. The molecule has 0 amide bonds. The lowest BCUT2D eigenvalue weighted by Gasteiger charge is -2.41. The van der Waals surface area contributed by atoms with E-state index in [0.717, 1.165) is 17.5 Å². The number of nitrogens with zero attached hydrogens (tertiary/aromatic N) is 1. The van der Waals surface area contributed by atoms with Crippen LogP contribution in [0.5, 0.6) is 0 Å². The predicted octanol–water partition coefficient (Wildman–Crippen LogP) is 1.22. The van der Waals surface area contributed by atoms with Crippen LogP contribution >= 0.6 is 0 Å². The van der Waals surface area contributed by atoms with Crippen LogP contribution in [0.3, 0.4) is 0 Å². The molecule has 0 aromatic rings. The summed E-state index contributed by atoms with van der Waals surface area (Å²) in [6, 6.07) is 1.86. The van der Waals surface area contributed by atoms with Crippen molar-refractivity contribution in [1.29, 1.82) is 0 Å². The summed E-state index contributed by atoms with van der Waals surface area (Å²) >= 11 is 0. The highest BCUT2D eigenvalue weighted by Gasteiger charge is 2.58. The summed E-state index contributed by atoms with van der Waals surface area (Å²) in [5, 5.41) is 3.47. The Morgan fingerprint density at radius 1 is 1.31 bits per heavy atom. The average molecular weight is 180 g/mol. The Labute approximate surface area is 80.7 Å². The molecule has 1 N–H and O–H groups in total. The van der Waals surface area contributed by atoms with Crippen LogP contribution < -0.4 is 5.32 Å². The van der Waals surface area contributed by atoms with Gasteiger partial charge in [0.15, 0.2) is 0 Å². The first-order valence-electron chi connectivity index (χ1n) is 5.78. The summed E-state index contributed by atoms with van der Waals surface area (Å²) in [5.41, 5.74) is 0.764. The van der Waals surface area contributed by atoms with E-state index >= 15 is 0 Å². The van der Waals surface area contributed by atoms with Gasteiger partial charge in [0.2, 0.25) is 0 Å². The van der Waals surface area contributed by atoms with Gasteiger partial charge in [0, 0.05) is 18.6 Å². The number of piperidine rings is 1. The molecule has 3 aliphatic rings. The molecule has 0 aromatic carbocycles. The third-order valence-corrected chi connectivity index (χ3v) is 4.52. The second-order valence-electron chi connectivity index (χ2n) is 5.21. The van der Waals surface area contributed by atoms with Gasteiger partial charge in [0.1, 0.15) is 0 Å². The van der Waals surface area contributed by atoms with E-state index in [4.69, 9.17) is 0 Å². The van der Waals surface area contributed by atoms with E-state index in [9.17, 15) is 0 Å². The van der Waals surface area contributed by atoms with E-state index in [0.29, 0.717) is 0 Å². The molecule has 2 unspecified atom stereocenters. The van der Waals surface area contributed by atoms with Gasteiger partial charge in [-0.2, -0.15) is 0 Å². The van der Waals surface area contributed by atoms with Gasteiger partial charge in [-0.3, -0.25) is 4.90 Å². The van der Waals surface area contributed by atoms with Crippen LogP contribution in [-0.4, -0.2) is 36.6 Å². The fourth-order valence-electron chi connectivity index (χ4n) is 3.26. The standard InChI is InChI=1S/C11H20N2/c1-9-2-7-13(9)10-8-11(10)3-5-12-6-4-11/h9-10,12H,2-8H2,1H3. The number of hydrogen-bond donors (Lipinski definition) is 1. The molecule has 0 bridgehead atoms. The van der Waals surface area contributed by atoms with E-state index in [2.05, 4.69) is 17.1 Å². The van der Waals surface area contributed by atoms with E-state index in [1.54, 1.807) is 0 Å². The Bertz CT molecular complexity index is 208. The van der Waals surface area contributed by atoms with E-state index in [-0.39, 0.29) is 0 Å². The van der Waals surface area contributed by atoms with Crippen LogP contribution in [-0.2, 0) is 0 Å². The van der Waals surface area contributed by atoms with Gasteiger partial charge in [-0.05, 0) is 51.1 Å². The largest absolute Gasteiger partial charge is 0.317 e. The lowest BCUT2D eigenvalue weighted by atomic mass is 9.92. The molecule has 13 heavy (non-hydrogen) atoms. The van der Waals surface area contributed by atoms with Gasteiger partial charge in [0.05, 0.1) is 0 Å². The Balaban J connectivity index is 1.63. The molecule has 0 radical (unpaired) electrons. The Morgan fingerprint density at radius 3 is 2.62 bits per heavy atom. The highest BCUT2D eigenvalue weighted by atomic mass is 15.3. The highest BCUT2D eigenvalue weighted by molar-refractivity contribution is 5.12. The topological polar surface area (TPSA) is 15.3 Å².